The molecular formula is C17H15N5O3. The van der Waals surface area contributed by atoms with Crippen LogP contribution in [-0.4, -0.2) is 39.8 Å². The van der Waals surface area contributed by atoms with Gasteiger partial charge >= 0.3 is 0 Å². The third-order valence-corrected chi connectivity index (χ3v) is 4.05. The fraction of sp³-hybridized carbons (Fsp3) is 0.235. The van der Waals surface area contributed by atoms with Crippen LogP contribution in [0.15, 0.2) is 42.6 Å². The van der Waals surface area contributed by atoms with E-state index < -0.39 is 4.92 Å². The summed E-state index contributed by atoms with van der Waals surface area (Å²) in [6.07, 6.45) is 2.30. The largest absolute Gasteiger partial charge is 0.379 e. The van der Waals surface area contributed by atoms with Crippen molar-refractivity contribution in [2.45, 2.75) is 12.5 Å². The van der Waals surface area contributed by atoms with E-state index >= 15 is 0 Å². The van der Waals surface area contributed by atoms with Crippen molar-refractivity contribution in [2.24, 2.45) is 0 Å². The van der Waals surface area contributed by atoms with E-state index in [0.717, 1.165) is 6.42 Å². The Morgan fingerprint density at radius 1 is 1.40 bits per heavy atom. The summed E-state index contributed by atoms with van der Waals surface area (Å²) in [6, 6.07) is 11.3. The average Bonchev–Trinajstić information content (AvgIpc) is 3.10. The number of aromatic nitrogens is 1. The molecule has 1 fully saturated rings. The number of nitrogens with one attached hydrogen (secondary N) is 1. The molecule has 1 atom stereocenters. The molecule has 2 aromatic rings. The van der Waals surface area contributed by atoms with E-state index in [2.05, 4.69) is 10.3 Å². The zero-order valence-electron chi connectivity index (χ0n) is 13.3. The van der Waals surface area contributed by atoms with Gasteiger partial charge in [0.1, 0.15) is 11.8 Å². The van der Waals surface area contributed by atoms with Crippen LogP contribution in [0.25, 0.3) is 0 Å². The number of benzene rings is 1. The van der Waals surface area contributed by atoms with Gasteiger partial charge in [-0.1, -0.05) is 6.07 Å². The van der Waals surface area contributed by atoms with Crippen molar-refractivity contribution in [3.8, 4) is 6.07 Å². The molecule has 25 heavy (non-hydrogen) atoms. The van der Waals surface area contributed by atoms with Gasteiger partial charge in [-0.25, -0.2) is 0 Å². The lowest BCUT2D eigenvalue weighted by Gasteiger charge is -2.17. The molecule has 0 radical (unpaired) electrons. The number of likely N-dealkylation sites (tertiary alicyclic amines) is 1. The lowest BCUT2D eigenvalue weighted by atomic mass is 10.1. The lowest BCUT2D eigenvalue weighted by Crippen LogP contribution is -2.32. The van der Waals surface area contributed by atoms with E-state index in [-0.39, 0.29) is 23.2 Å². The number of nitrogens with zero attached hydrogens (tertiary/aromatic N) is 4. The Kier molecular flexibility index (Phi) is 4.57. The number of nitriles is 1. The predicted molar refractivity (Wildman–Crippen MR) is 90.0 cm³/mol. The third kappa shape index (κ3) is 3.55. The Balaban J connectivity index is 1.69. The van der Waals surface area contributed by atoms with Crippen molar-refractivity contribution in [3.63, 3.8) is 0 Å². The first-order chi connectivity index (χ1) is 12.1. The summed E-state index contributed by atoms with van der Waals surface area (Å²) in [5.41, 5.74) is 1.02. The summed E-state index contributed by atoms with van der Waals surface area (Å²) in [5, 5.41) is 23.2. The van der Waals surface area contributed by atoms with Crippen LogP contribution in [0.2, 0.25) is 0 Å². The summed E-state index contributed by atoms with van der Waals surface area (Å²) in [4.78, 5) is 28.4. The van der Waals surface area contributed by atoms with Crippen LogP contribution in [0.3, 0.4) is 0 Å². The molecule has 8 nitrogen and oxygen atoms in total. The molecule has 1 N–H and O–H groups in total. The fourth-order valence-electron chi connectivity index (χ4n) is 2.80. The van der Waals surface area contributed by atoms with Crippen LogP contribution in [-0.2, 0) is 0 Å². The van der Waals surface area contributed by atoms with Gasteiger partial charge < -0.3 is 10.2 Å². The highest BCUT2D eigenvalue weighted by molar-refractivity contribution is 5.92. The summed E-state index contributed by atoms with van der Waals surface area (Å²) in [5.74, 6) is -0.130. The minimum atomic E-state index is -0.534. The molecule has 3 rings (SSSR count). The topological polar surface area (TPSA) is 112 Å². The molecule has 8 heteroatoms. The van der Waals surface area contributed by atoms with Gasteiger partial charge in [0.25, 0.3) is 11.6 Å². The Morgan fingerprint density at radius 3 is 2.92 bits per heavy atom. The van der Waals surface area contributed by atoms with E-state index in [1.54, 1.807) is 29.3 Å². The number of hydrogen-bond donors (Lipinski definition) is 1. The smallest absolute Gasteiger partial charge is 0.272 e. The first kappa shape index (κ1) is 16.4. The van der Waals surface area contributed by atoms with Crippen molar-refractivity contribution in [3.05, 3.63) is 64.0 Å². The Hall–Kier alpha value is -3.47. The number of carbonyl (C=O) groups is 1. The van der Waals surface area contributed by atoms with Gasteiger partial charge in [0.05, 0.1) is 16.2 Å². The quantitative estimate of drug-likeness (QED) is 0.676. The number of nitro benzene ring substituents is 1. The first-order valence-electron chi connectivity index (χ1n) is 7.74. The van der Waals surface area contributed by atoms with E-state index in [9.17, 15) is 20.2 Å². The molecular weight excluding hydrogens is 322 g/mol. The molecule has 1 aromatic heterocycles. The summed E-state index contributed by atoms with van der Waals surface area (Å²) >= 11 is 0. The van der Waals surface area contributed by atoms with Gasteiger partial charge in [0.15, 0.2) is 0 Å². The number of amides is 1. The number of non-ortho nitro benzene ring substituents is 1. The van der Waals surface area contributed by atoms with Crippen LogP contribution in [0.4, 0.5) is 11.4 Å². The maximum atomic E-state index is 12.4. The highest BCUT2D eigenvalue weighted by Gasteiger charge is 2.28. The molecule has 1 saturated heterocycles. The van der Waals surface area contributed by atoms with Gasteiger partial charge in [-0.3, -0.25) is 19.9 Å². The van der Waals surface area contributed by atoms with Crippen LogP contribution >= 0.6 is 0 Å². The summed E-state index contributed by atoms with van der Waals surface area (Å²) < 4.78 is 0. The number of nitro groups is 1. The molecule has 2 heterocycles. The number of carbonyl (C=O) groups excluding carboxylic acids is 1. The van der Waals surface area contributed by atoms with E-state index in [1.807, 2.05) is 6.07 Å². The SMILES string of the molecule is N#Cc1cc([N+](=O)[O-])ccc1NC1CCN(C(=O)c2ccccn2)C1. The van der Waals surface area contributed by atoms with E-state index in [4.69, 9.17) is 0 Å². The van der Waals surface area contributed by atoms with Crippen LogP contribution < -0.4 is 5.32 Å². The predicted octanol–water partition coefficient (Wildman–Crippen LogP) is 2.19. The molecule has 1 aliphatic heterocycles. The van der Waals surface area contributed by atoms with Gasteiger partial charge in [-0.15, -0.1) is 0 Å². The highest BCUT2D eigenvalue weighted by atomic mass is 16.6. The van der Waals surface area contributed by atoms with Crippen molar-refractivity contribution in [2.75, 3.05) is 18.4 Å². The van der Waals surface area contributed by atoms with Gasteiger partial charge in [-0.2, -0.15) is 5.26 Å². The molecule has 1 amide bonds. The van der Waals surface area contributed by atoms with E-state index in [1.165, 1.54) is 18.2 Å². The molecule has 0 spiro atoms. The lowest BCUT2D eigenvalue weighted by molar-refractivity contribution is -0.384. The van der Waals surface area contributed by atoms with Crippen molar-refractivity contribution < 1.29 is 9.72 Å². The second kappa shape index (κ2) is 6.97. The van der Waals surface area contributed by atoms with Gasteiger partial charge in [-0.05, 0) is 24.6 Å². The molecule has 1 unspecified atom stereocenters. The zero-order chi connectivity index (χ0) is 17.8. The molecule has 1 aromatic carbocycles. The molecule has 126 valence electrons. The Labute approximate surface area is 143 Å². The number of rotatable bonds is 4. The van der Waals surface area contributed by atoms with Crippen LogP contribution in [0, 0.1) is 21.4 Å². The number of anilines is 1. The van der Waals surface area contributed by atoms with Gasteiger partial charge in [0.2, 0.25) is 0 Å². The van der Waals surface area contributed by atoms with Crippen LogP contribution in [0.1, 0.15) is 22.5 Å². The maximum Gasteiger partial charge on any atom is 0.272 e. The monoisotopic (exact) mass is 337 g/mol. The maximum absolute atomic E-state index is 12.4. The van der Waals surface area contributed by atoms with Crippen LogP contribution in [0.5, 0.6) is 0 Å². The number of pyridine rings is 1. The average molecular weight is 337 g/mol. The molecule has 0 saturated carbocycles. The Morgan fingerprint density at radius 2 is 2.24 bits per heavy atom. The van der Waals surface area contributed by atoms with E-state index in [0.29, 0.717) is 24.5 Å². The standard InChI is InChI=1S/C17H15N5O3/c18-10-12-9-14(22(24)25)4-5-15(12)20-13-6-8-21(11-13)17(23)16-3-1-2-7-19-16/h1-5,7,9,13,20H,6,8,11H2. The normalized spacial score (nSPS) is 16.3. The third-order valence-electron chi connectivity index (χ3n) is 4.05. The summed E-state index contributed by atoms with van der Waals surface area (Å²) in [7, 11) is 0. The highest BCUT2D eigenvalue weighted by Crippen LogP contribution is 2.24. The minimum Gasteiger partial charge on any atom is -0.379 e. The molecule has 1 aliphatic rings. The molecule has 0 bridgehead atoms. The van der Waals surface area contributed by atoms with Crippen molar-refractivity contribution in [1.82, 2.24) is 9.88 Å². The van der Waals surface area contributed by atoms with Crippen molar-refractivity contribution >= 4 is 17.3 Å². The second-order valence-electron chi connectivity index (χ2n) is 5.69. The van der Waals surface area contributed by atoms with Gasteiger partial charge in [0, 0.05) is 37.5 Å². The molecule has 0 aliphatic carbocycles. The Bertz CT molecular complexity index is 847. The fourth-order valence-corrected chi connectivity index (χ4v) is 2.80. The van der Waals surface area contributed by atoms with Crippen molar-refractivity contribution in [1.29, 1.82) is 5.26 Å². The minimum absolute atomic E-state index is 0.0266. The number of hydrogen-bond acceptors (Lipinski definition) is 6. The second-order valence-corrected chi connectivity index (χ2v) is 5.69. The zero-order valence-corrected chi connectivity index (χ0v) is 13.3. The summed E-state index contributed by atoms with van der Waals surface area (Å²) in [6.45, 7) is 1.07. The first-order valence-corrected chi connectivity index (χ1v) is 7.74.